The second-order valence-electron chi connectivity index (χ2n) is 6.52. The highest BCUT2D eigenvalue weighted by molar-refractivity contribution is 7.99. The van der Waals surface area contributed by atoms with Gasteiger partial charge < -0.3 is 9.84 Å². The second kappa shape index (κ2) is 10.2. The molecule has 3 aromatic rings. The van der Waals surface area contributed by atoms with Crippen molar-refractivity contribution in [3.8, 4) is 5.75 Å². The lowest BCUT2D eigenvalue weighted by molar-refractivity contribution is -0.139. The van der Waals surface area contributed by atoms with Gasteiger partial charge in [0.2, 0.25) is 0 Å². The first kappa shape index (κ1) is 22.5. The van der Waals surface area contributed by atoms with Crippen molar-refractivity contribution in [2.24, 2.45) is 0 Å². The molecule has 0 aromatic heterocycles. The van der Waals surface area contributed by atoms with Gasteiger partial charge in [-0.2, -0.15) is 13.2 Å². The van der Waals surface area contributed by atoms with Crippen molar-refractivity contribution in [3.05, 3.63) is 102 Å². The number of halogens is 3. The van der Waals surface area contributed by atoms with E-state index in [2.05, 4.69) is 0 Å². The van der Waals surface area contributed by atoms with Crippen LogP contribution in [-0.2, 0) is 11.0 Å². The summed E-state index contributed by atoms with van der Waals surface area (Å²) in [4.78, 5) is 11.5. The van der Waals surface area contributed by atoms with Crippen LogP contribution in [0.3, 0.4) is 0 Å². The van der Waals surface area contributed by atoms with Gasteiger partial charge in [0.05, 0.1) is 5.56 Å². The predicted molar refractivity (Wildman–Crippen MR) is 115 cm³/mol. The minimum Gasteiger partial charge on any atom is -0.482 e. The third kappa shape index (κ3) is 6.65. The standard InChI is InChI=1S/C24H19F3O3S/c25-24(26,27)19-8-6-18(7-9-19)22(17-4-2-1-3-5-17)14-15-31-21-12-10-20(11-13-21)30-16-23(28)29/h1-14H,15-16H2,(H,28,29)/b22-14-. The summed E-state index contributed by atoms with van der Waals surface area (Å²) < 4.78 is 43.8. The lowest BCUT2D eigenvalue weighted by atomic mass is 9.97. The molecule has 0 aliphatic heterocycles. The number of alkyl halides is 3. The van der Waals surface area contributed by atoms with Crippen LogP contribution in [0.5, 0.6) is 5.75 Å². The van der Waals surface area contributed by atoms with Gasteiger partial charge in [0.15, 0.2) is 6.61 Å². The first-order valence-electron chi connectivity index (χ1n) is 9.33. The summed E-state index contributed by atoms with van der Waals surface area (Å²) in [6.45, 7) is -0.400. The molecule has 0 heterocycles. The molecule has 0 fully saturated rings. The van der Waals surface area contributed by atoms with E-state index in [-0.39, 0.29) is 0 Å². The van der Waals surface area contributed by atoms with Gasteiger partial charge in [-0.1, -0.05) is 48.5 Å². The van der Waals surface area contributed by atoms with E-state index < -0.39 is 24.3 Å². The monoisotopic (exact) mass is 444 g/mol. The summed E-state index contributed by atoms with van der Waals surface area (Å²) in [5.41, 5.74) is 1.80. The zero-order valence-electron chi connectivity index (χ0n) is 16.3. The van der Waals surface area contributed by atoms with Gasteiger partial charge in [-0.3, -0.25) is 0 Å². The molecule has 0 aliphatic carbocycles. The predicted octanol–water partition coefficient (Wildman–Crippen LogP) is 6.39. The molecule has 7 heteroatoms. The van der Waals surface area contributed by atoms with Crippen LogP contribution in [0.1, 0.15) is 16.7 Å². The van der Waals surface area contributed by atoms with Crippen molar-refractivity contribution in [1.82, 2.24) is 0 Å². The third-order valence-electron chi connectivity index (χ3n) is 4.33. The Morgan fingerprint density at radius 1 is 0.903 bits per heavy atom. The van der Waals surface area contributed by atoms with Crippen molar-refractivity contribution >= 4 is 23.3 Å². The minimum atomic E-state index is -4.37. The van der Waals surface area contributed by atoms with E-state index >= 15 is 0 Å². The quantitative estimate of drug-likeness (QED) is 0.409. The van der Waals surface area contributed by atoms with Crippen LogP contribution in [0.25, 0.3) is 5.57 Å². The van der Waals surface area contributed by atoms with Gasteiger partial charge >= 0.3 is 12.1 Å². The summed E-state index contributed by atoms with van der Waals surface area (Å²) in [6, 6.07) is 21.7. The topological polar surface area (TPSA) is 46.5 Å². The molecule has 0 amide bonds. The molecule has 0 unspecified atom stereocenters. The van der Waals surface area contributed by atoms with Crippen LogP contribution in [0.4, 0.5) is 13.2 Å². The van der Waals surface area contributed by atoms with Gasteiger partial charge in [-0.25, -0.2) is 4.79 Å². The lowest BCUT2D eigenvalue weighted by Crippen LogP contribution is -2.09. The van der Waals surface area contributed by atoms with Crippen molar-refractivity contribution < 1.29 is 27.8 Å². The maximum atomic E-state index is 12.9. The van der Waals surface area contributed by atoms with Crippen LogP contribution in [0.15, 0.2) is 89.8 Å². The Bertz CT molecular complexity index is 1030. The molecule has 3 rings (SSSR count). The number of aliphatic carboxylic acids is 1. The van der Waals surface area contributed by atoms with E-state index in [0.717, 1.165) is 28.2 Å². The number of hydrogen-bond acceptors (Lipinski definition) is 3. The first-order chi connectivity index (χ1) is 14.8. The number of carboxylic acids is 1. The Morgan fingerprint density at radius 2 is 1.52 bits per heavy atom. The number of benzene rings is 3. The molecular formula is C24H19F3O3S. The largest absolute Gasteiger partial charge is 0.482 e. The summed E-state index contributed by atoms with van der Waals surface area (Å²) in [7, 11) is 0. The molecule has 0 radical (unpaired) electrons. The fourth-order valence-electron chi connectivity index (χ4n) is 2.86. The Hall–Kier alpha value is -3.19. The fourth-order valence-corrected chi connectivity index (χ4v) is 3.63. The third-order valence-corrected chi connectivity index (χ3v) is 5.27. The summed E-state index contributed by atoms with van der Waals surface area (Å²) in [5, 5.41) is 8.65. The number of rotatable bonds is 8. The average Bonchev–Trinajstić information content (AvgIpc) is 2.76. The van der Waals surface area contributed by atoms with Gasteiger partial charge in [-0.05, 0) is 53.1 Å². The van der Waals surface area contributed by atoms with E-state index in [1.54, 1.807) is 23.9 Å². The normalized spacial score (nSPS) is 11.9. The second-order valence-corrected chi connectivity index (χ2v) is 7.62. The average molecular weight is 444 g/mol. The van der Waals surface area contributed by atoms with Crippen molar-refractivity contribution in [1.29, 1.82) is 0 Å². The van der Waals surface area contributed by atoms with Crippen molar-refractivity contribution in [2.75, 3.05) is 12.4 Å². The number of hydrogen-bond donors (Lipinski definition) is 1. The van der Waals surface area contributed by atoms with E-state index in [1.807, 2.05) is 48.5 Å². The summed E-state index contributed by atoms with van der Waals surface area (Å²) >= 11 is 1.55. The first-order valence-corrected chi connectivity index (χ1v) is 10.3. The number of ether oxygens (including phenoxy) is 1. The van der Waals surface area contributed by atoms with E-state index in [0.29, 0.717) is 17.1 Å². The Morgan fingerprint density at radius 3 is 2.10 bits per heavy atom. The molecule has 0 saturated carbocycles. The SMILES string of the molecule is O=C(O)COc1ccc(SC/C=C(/c2ccccc2)c2ccc(C(F)(F)F)cc2)cc1. The summed E-state index contributed by atoms with van der Waals surface area (Å²) in [5.74, 6) is 0.0259. The molecule has 0 spiro atoms. The van der Waals surface area contributed by atoms with Crippen LogP contribution in [-0.4, -0.2) is 23.4 Å². The molecular weight excluding hydrogens is 425 g/mol. The van der Waals surface area contributed by atoms with Gasteiger partial charge in [0.25, 0.3) is 0 Å². The highest BCUT2D eigenvalue weighted by atomic mass is 32.2. The lowest BCUT2D eigenvalue weighted by Gasteiger charge is -2.11. The van der Waals surface area contributed by atoms with Gasteiger partial charge in [0.1, 0.15) is 5.75 Å². The van der Waals surface area contributed by atoms with Gasteiger partial charge in [-0.15, -0.1) is 11.8 Å². The fraction of sp³-hybridized carbons (Fsp3) is 0.125. The van der Waals surface area contributed by atoms with E-state index in [9.17, 15) is 18.0 Å². The molecule has 1 N–H and O–H groups in total. The minimum absolute atomic E-state index is 0.400. The zero-order chi connectivity index (χ0) is 22.3. The molecule has 0 saturated heterocycles. The van der Waals surface area contributed by atoms with Crippen molar-refractivity contribution in [2.45, 2.75) is 11.1 Å². The van der Waals surface area contributed by atoms with Crippen molar-refractivity contribution in [3.63, 3.8) is 0 Å². The highest BCUT2D eigenvalue weighted by Crippen LogP contribution is 2.32. The Kier molecular flexibility index (Phi) is 7.41. The molecule has 3 nitrogen and oxygen atoms in total. The summed E-state index contributed by atoms with van der Waals surface area (Å²) in [6.07, 6.45) is -2.39. The number of thioether (sulfide) groups is 1. The highest BCUT2D eigenvalue weighted by Gasteiger charge is 2.30. The van der Waals surface area contributed by atoms with Crippen LogP contribution < -0.4 is 4.74 Å². The number of carbonyl (C=O) groups is 1. The molecule has 0 aliphatic rings. The van der Waals surface area contributed by atoms with Crippen LogP contribution in [0, 0.1) is 0 Å². The molecule has 0 bridgehead atoms. The Balaban J connectivity index is 1.75. The smallest absolute Gasteiger partial charge is 0.416 e. The molecule has 0 atom stereocenters. The molecule has 160 valence electrons. The maximum Gasteiger partial charge on any atom is 0.416 e. The number of carboxylic acid groups (broad SMARTS) is 1. The van der Waals surface area contributed by atoms with Crippen LogP contribution >= 0.6 is 11.8 Å². The van der Waals surface area contributed by atoms with Gasteiger partial charge in [0, 0.05) is 10.6 Å². The molecule has 31 heavy (non-hydrogen) atoms. The van der Waals surface area contributed by atoms with E-state index in [4.69, 9.17) is 9.84 Å². The maximum absolute atomic E-state index is 12.9. The zero-order valence-corrected chi connectivity index (χ0v) is 17.1. The molecule has 3 aromatic carbocycles. The van der Waals surface area contributed by atoms with Crippen LogP contribution in [0.2, 0.25) is 0 Å². The Labute approximate surface area is 182 Å². The van der Waals surface area contributed by atoms with E-state index in [1.165, 1.54) is 12.1 Å².